The maximum Gasteiger partial charge on any atom is 0.0900 e. The van der Waals surface area contributed by atoms with Crippen molar-refractivity contribution in [2.45, 2.75) is 37.9 Å². The van der Waals surface area contributed by atoms with E-state index >= 15 is 0 Å². The summed E-state index contributed by atoms with van der Waals surface area (Å²) < 4.78 is 6.15. The number of hydrogen-bond donors (Lipinski definition) is 1. The van der Waals surface area contributed by atoms with Gasteiger partial charge < -0.3 is 14.7 Å². The highest BCUT2D eigenvalue weighted by Crippen LogP contribution is 2.13. The van der Waals surface area contributed by atoms with E-state index < -0.39 is 6.10 Å². The van der Waals surface area contributed by atoms with Gasteiger partial charge in [-0.3, -0.25) is 0 Å². The minimum atomic E-state index is -0.410. The van der Waals surface area contributed by atoms with Crippen molar-refractivity contribution < 1.29 is 9.84 Å². The predicted molar refractivity (Wildman–Crippen MR) is 109 cm³/mol. The molecule has 2 aromatic rings. The molecule has 1 unspecified atom stereocenters. The molecule has 1 aliphatic heterocycles. The molecule has 1 fully saturated rings. The Balaban J connectivity index is 0.00000243. The summed E-state index contributed by atoms with van der Waals surface area (Å²) in [5.74, 6) is 0. The van der Waals surface area contributed by atoms with E-state index in [-0.39, 0.29) is 18.5 Å². The topological polar surface area (TPSA) is 32.7 Å². The summed E-state index contributed by atoms with van der Waals surface area (Å²) in [6.07, 6.45) is 3.90. The lowest BCUT2D eigenvalue weighted by Crippen LogP contribution is -2.34. The molecule has 0 aliphatic carbocycles. The Kier molecular flexibility index (Phi) is 9.13. The Bertz CT molecular complexity index is 561. The van der Waals surface area contributed by atoms with E-state index in [0.717, 1.165) is 32.5 Å². The number of likely N-dealkylation sites (tertiary alicyclic amines) is 1. The Labute approximate surface area is 163 Å². The lowest BCUT2D eigenvalue weighted by molar-refractivity contribution is -0.0185. The number of hydrogen-bond acceptors (Lipinski definition) is 3. The minimum Gasteiger partial charge on any atom is -0.389 e. The fourth-order valence-electron chi connectivity index (χ4n) is 3.51. The zero-order chi connectivity index (χ0) is 17.3. The van der Waals surface area contributed by atoms with Crippen molar-refractivity contribution in [1.29, 1.82) is 0 Å². The average molecular weight is 376 g/mol. The first-order chi connectivity index (χ1) is 12.3. The largest absolute Gasteiger partial charge is 0.389 e. The second-order valence-corrected chi connectivity index (χ2v) is 7.00. The molecule has 3 nitrogen and oxygen atoms in total. The van der Waals surface area contributed by atoms with Gasteiger partial charge in [0.1, 0.15) is 0 Å². The summed E-state index contributed by atoms with van der Waals surface area (Å²) in [7, 11) is 0. The Morgan fingerprint density at radius 2 is 1.35 bits per heavy atom. The van der Waals surface area contributed by atoms with Crippen LogP contribution in [0.5, 0.6) is 0 Å². The second kappa shape index (κ2) is 11.3. The van der Waals surface area contributed by atoms with Crippen LogP contribution in [0.3, 0.4) is 0 Å². The van der Waals surface area contributed by atoms with Gasteiger partial charge in [0.2, 0.25) is 0 Å². The number of rotatable bonds is 9. The number of β-amino-alcohol motifs (C(OH)–C–C–N with tert-alkyl or cyclic N) is 1. The lowest BCUT2D eigenvalue weighted by atomic mass is 10.0. The number of aliphatic hydroxyl groups excluding tert-OH is 1. The van der Waals surface area contributed by atoms with Crippen LogP contribution in [0.25, 0.3) is 0 Å². The van der Waals surface area contributed by atoms with E-state index in [1.54, 1.807) is 0 Å². The van der Waals surface area contributed by atoms with Crippen LogP contribution in [0, 0.1) is 0 Å². The summed E-state index contributed by atoms with van der Waals surface area (Å²) in [4.78, 5) is 2.33. The third kappa shape index (κ3) is 7.08. The summed E-state index contributed by atoms with van der Waals surface area (Å²) >= 11 is 0. The minimum absolute atomic E-state index is 0. The number of nitrogens with zero attached hydrogens (tertiary/aromatic N) is 1. The molecule has 1 aliphatic rings. The van der Waals surface area contributed by atoms with Crippen molar-refractivity contribution in [2.75, 3.05) is 26.2 Å². The van der Waals surface area contributed by atoms with Crippen LogP contribution in [0.4, 0.5) is 0 Å². The van der Waals surface area contributed by atoms with Gasteiger partial charge >= 0.3 is 0 Å². The quantitative estimate of drug-likeness (QED) is 0.724. The van der Waals surface area contributed by atoms with E-state index in [9.17, 15) is 5.11 Å². The Morgan fingerprint density at radius 3 is 1.85 bits per heavy atom. The fraction of sp³-hybridized carbons (Fsp3) is 0.455. The summed E-state index contributed by atoms with van der Waals surface area (Å²) in [6.45, 7) is 3.34. The van der Waals surface area contributed by atoms with Gasteiger partial charge in [0.25, 0.3) is 0 Å². The molecule has 0 saturated carbocycles. The van der Waals surface area contributed by atoms with Crippen molar-refractivity contribution in [2.24, 2.45) is 0 Å². The summed E-state index contributed by atoms with van der Waals surface area (Å²) in [5.41, 5.74) is 2.55. The normalized spacial score (nSPS) is 15.8. The third-order valence-electron chi connectivity index (χ3n) is 4.80. The average Bonchev–Trinajstić information content (AvgIpc) is 3.14. The molecule has 0 spiro atoms. The monoisotopic (exact) mass is 375 g/mol. The first-order valence-electron chi connectivity index (χ1n) is 9.39. The molecule has 142 valence electrons. The third-order valence-corrected chi connectivity index (χ3v) is 4.80. The number of halogens is 1. The van der Waals surface area contributed by atoms with E-state index in [1.165, 1.54) is 24.0 Å². The van der Waals surface area contributed by atoms with Crippen molar-refractivity contribution in [3.05, 3.63) is 71.8 Å². The van der Waals surface area contributed by atoms with Gasteiger partial charge in [0.15, 0.2) is 0 Å². The van der Waals surface area contributed by atoms with Crippen molar-refractivity contribution in [3.63, 3.8) is 0 Å². The molecule has 0 aromatic heterocycles. The first-order valence-corrected chi connectivity index (χ1v) is 9.39. The molecule has 3 rings (SSSR count). The highest BCUT2D eigenvalue weighted by molar-refractivity contribution is 5.85. The number of benzene rings is 2. The van der Waals surface area contributed by atoms with Gasteiger partial charge in [-0.1, -0.05) is 60.7 Å². The zero-order valence-corrected chi connectivity index (χ0v) is 16.1. The van der Waals surface area contributed by atoms with Crippen LogP contribution >= 0.6 is 12.4 Å². The van der Waals surface area contributed by atoms with Crippen LogP contribution in [0.15, 0.2) is 60.7 Å². The van der Waals surface area contributed by atoms with Gasteiger partial charge in [-0.15, -0.1) is 12.4 Å². The smallest absolute Gasteiger partial charge is 0.0900 e. The van der Waals surface area contributed by atoms with Gasteiger partial charge in [-0.05, 0) is 49.9 Å². The van der Waals surface area contributed by atoms with Crippen LogP contribution in [-0.2, 0) is 17.6 Å². The molecule has 1 heterocycles. The predicted octanol–water partition coefficient (Wildman–Crippen LogP) is 3.74. The van der Waals surface area contributed by atoms with Crippen LogP contribution in [0.2, 0.25) is 0 Å². The lowest BCUT2D eigenvalue weighted by Gasteiger charge is -2.23. The molecular weight excluding hydrogens is 346 g/mol. The summed E-state index contributed by atoms with van der Waals surface area (Å²) in [6, 6.07) is 20.9. The molecule has 0 amide bonds. The molecule has 1 N–H and O–H groups in total. The van der Waals surface area contributed by atoms with Crippen LogP contribution < -0.4 is 0 Å². The molecule has 2 aromatic carbocycles. The van der Waals surface area contributed by atoms with Gasteiger partial charge in [-0.2, -0.15) is 0 Å². The van der Waals surface area contributed by atoms with Gasteiger partial charge in [0, 0.05) is 6.54 Å². The maximum absolute atomic E-state index is 10.3. The molecule has 26 heavy (non-hydrogen) atoms. The highest BCUT2D eigenvalue weighted by Gasteiger charge is 2.18. The van der Waals surface area contributed by atoms with E-state index in [2.05, 4.69) is 53.4 Å². The summed E-state index contributed by atoms with van der Waals surface area (Å²) in [5, 5.41) is 10.3. The molecular formula is C22H30ClNO2. The standard InChI is InChI=1S/C22H29NO2.ClH/c24-21(17-23-13-7-8-14-23)18-25-22(15-19-9-3-1-4-10-19)16-20-11-5-2-6-12-20;/h1-6,9-12,21-22,24H,7-8,13-18H2;1H. The van der Waals surface area contributed by atoms with Crippen molar-refractivity contribution >= 4 is 12.4 Å². The Hall–Kier alpha value is -1.39. The molecule has 0 radical (unpaired) electrons. The van der Waals surface area contributed by atoms with Crippen LogP contribution in [0.1, 0.15) is 24.0 Å². The highest BCUT2D eigenvalue weighted by atomic mass is 35.5. The van der Waals surface area contributed by atoms with E-state index in [0.29, 0.717) is 6.61 Å². The van der Waals surface area contributed by atoms with Gasteiger partial charge in [-0.25, -0.2) is 0 Å². The van der Waals surface area contributed by atoms with Crippen molar-refractivity contribution in [1.82, 2.24) is 4.90 Å². The SMILES string of the molecule is Cl.OC(COC(Cc1ccccc1)Cc1ccccc1)CN1CCCC1. The first kappa shape index (κ1) is 20.9. The van der Waals surface area contributed by atoms with E-state index in [4.69, 9.17) is 4.74 Å². The molecule has 4 heteroatoms. The number of ether oxygens (including phenoxy) is 1. The Morgan fingerprint density at radius 1 is 0.846 bits per heavy atom. The molecule has 0 bridgehead atoms. The van der Waals surface area contributed by atoms with Crippen LogP contribution in [-0.4, -0.2) is 48.5 Å². The fourth-order valence-corrected chi connectivity index (χ4v) is 3.51. The maximum atomic E-state index is 10.3. The van der Waals surface area contributed by atoms with Gasteiger partial charge in [0.05, 0.1) is 18.8 Å². The van der Waals surface area contributed by atoms with E-state index in [1.807, 2.05) is 12.1 Å². The zero-order valence-electron chi connectivity index (χ0n) is 15.3. The second-order valence-electron chi connectivity index (χ2n) is 7.00. The van der Waals surface area contributed by atoms with Crippen molar-refractivity contribution in [3.8, 4) is 0 Å². The molecule has 1 atom stereocenters. The molecule has 1 saturated heterocycles. The number of aliphatic hydroxyl groups is 1.